The second-order valence-electron chi connectivity index (χ2n) is 3.58. The number of benzene rings is 1. The van der Waals surface area contributed by atoms with Gasteiger partial charge in [-0.25, -0.2) is 4.39 Å². The van der Waals surface area contributed by atoms with Gasteiger partial charge in [-0.1, -0.05) is 22.9 Å². The third-order valence-electron chi connectivity index (χ3n) is 2.43. The quantitative estimate of drug-likeness (QED) is 0.850. The first-order valence-electron chi connectivity index (χ1n) is 5.32. The molecule has 5 heteroatoms. The lowest BCUT2D eigenvalue weighted by atomic mass is 10.1. The Hall–Kier alpha value is -1.10. The molecule has 17 heavy (non-hydrogen) atoms. The summed E-state index contributed by atoms with van der Waals surface area (Å²) in [6.45, 7) is 1.98. The number of methoxy groups -OCH3 is 1. The molecule has 0 aliphatic carbocycles. The molecule has 0 bridgehead atoms. The van der Waals surface area contributed by atoms with E-state index >= 15 is 0 Å². The van der Waals surface area contributed by atoms with Crippen molar-refractivity contribution in [3.8, 4) is 5.75 Å². The topological polar surface area (TPSA) is 38.3 Å². The van der Waals surface area contributed by atoms with Gasteiger partial charge < -0.3 is 10.1 Å². The molecule has 1 amide bonds. The van der Waals surface area contributed by atoms with Gasteiger partial charge in [0.2, 0.25) is 0 Å². The number of hydrogen-bond acceptors (Lipinski definition) is 2. The number of amides is 1. The second-order valence-corrected chi connectivity index (χ2v) is 4.23. The molecule has 94 valence electrons. The van der Waals surface area contributed by atoms with Gasteiger partial charge in [-0.2, -0.15) is 0 Å². The summed E-state index contributed by atoms with van der Waals surface area (Å²) in [5.74, 6) is -0.629. The Labute approximate surface area is 108 Å². The molecule has 0 aromatic heterocycles. The van der Waals surface area contributed by atoms with E-state index in [-0.39, 0.29) is 17.7 Å². The van der Waals surface area contributed by atoms with E-state index in [2.05, 4.69) is 21.2 Å². The van der Waals surface area contributed by atoms with Crippen LogP contribution in [0.1, 0.15) is 23.7 Å². The summed E-state index contributed by atoms with van der Waals surface area (Å²) in [4.78, 5) is 11.8. The van der Waals surface area contributed by atoms with Crippen molar-refractivity contribution in [2.75, 3.05) is 12.4 Å². The van der Waals surface area contributed by atoms with Gasteiger partial charge in [0.1, 0.15) is 0 Å². The molecule has 3 nitrogen and oxygen atoms in total. The van der Waals surface area contributed by atoms with Crippen molar-refractivity contribution >= 4 is 21.8 Å². The first-order chi connectivity index (χ1) is 8.12. The van der Waals surface area contributed by atoms with Crippen molar-refractivity contribution < 1.29 is 13.9 Å². The van der Waals surface area contributed by atoms with Crippen molar-refractivity contribution in [3.05, 3.63) is 29.6 Å². The smallest absolute Gasteiger partial charge is 0.251 e. The van der Waals surface area contributed by atoms with Crippen LogP contribution in [0.3, 0.4) is 0 Å². The van der Waals surface area contributed by atoms with Gasteiger partial charge in [0.05, 0.1) is 7.11 Å². The number of rotatable bonds is 5. The van der Waals surface area contributed by atoms with Gasteiger partial charge in [-0.15, -0.1) is 0 Å². The zero-order valence-electron chi connectivity index (χ0n) is 9.80. The Bertz CT molecular complexity index is 394. The highest BCUT2D eigenvalue weighted by Crippen LogP contribution is 2.18. The third kappa shape index (κ3) is 3.70. The third-order valence-corrected chi connectivity index (χ3v) is 3.21. The maximum atomic E-state index is 13.2. The van der Waals surface area contributed by atoms with Crippen LogP contribution < -0.4 is 10.1 Å². The summed E-state index contributed by atoms with van der Waals surface area (Å²) < 4.78 is 18.0. The SMILES string of the molecule is CCC(CBr)NC(=O)c1ccc(F)c(OC)c1. The minimum Gasteiger partial charge on any atom is -0.494 e. The van der Waals surface area contributed by atoms with Crippen LogP contribution in [0.2, 0.25) is 0 Å². The Morgan fingerprint density at radius 1 is 1.59 bits per heavy atom. The van der Waals surface area contributed by atoms with Gasteiger partial charge in [-0.05, 0) is 24.6 Å². The fourth-order valence-electron chi connectivity index (χ4n) is 1.32. The second kappa shape index (κ2) is 6.59. The van der Waals surface area contributed by atoms with Crippen LogP contribution in [0, 0.1) is 5.82 Å². The van der Waals surface area contributed by atoms with E-state index in [4.69, 9.17) is 4.74 Å². The van der Waals surface area contributed by atoms with Crippen LogP contribution >= 0.6 is 15.9 Å². The van der Waals surface area contributed by atoms with E-state index < -0.39 is 5.82 Å². The summed E-state index contributed by atoms with van der Waals surface area (Å²) in [5, 5.41) is 3.53. The lowest BCUT2D eigenvalue weighted by Crippen LogP contribution is -2.35. The summed E-state index contributed by atoms with van der Waals surface area (Å²) in [6.07, 6.45) is 0.829. The average Bonchev–Trinajstić information content (AvgIpc) is 2.36. The number of halogens is 2. The van der Waals surface area contributed by atoms with Gasteiger partial charge in [0, 0.05) is 16.9 Å². The molecule has 0 radical (unpaired) electrons. The highest BCUT2D eigenvalue weighted by Gasteiger charge is 2.13. The first kappa shape index (κ1) is 14.0. The van der Waals surface area contributed by atoms with E-state index in [1.165, 1.54) is 25.3 Å². The molecule has 1 aromatic rings. The lowest BCUT2D eigenvalue weighted by molar-refractivity contribution is 0.0940. The standard InChI is InChI=1S/C12H15BrFNO2/c1-3-9(7-13)15-12(16)8-4-5-10(14)11(6-8)17-2/h4-6,9H,3,7H2,1-2H3,(H,15,16). The van der Waals surface area contributed by atoms with E-state index in [0.29, 0.717) is 10.9 Å². The van der Waals surface area contributed by atoms with E-state index in [9.17, 15) is 9.18 Å². The van der Waals surface area contributed by atoms with Crippen LogP contribution in [0.25, 0.3) is 0 Å². The molecule has 0 spiro atoms. The molecule has 1 aromatic carbocycles. The van der Waals surface area contributed by atoms with Crippen LogP contribution in [0.5, 0.6) is 5.75 Å². The number of nitrogens with one attached hydrogen (secondary N) is 1. The van der Waals surface area contributed by atoms with Gasteiger partial charge in [0.15, 0.2) is 11.6 Å². The normalized spacial score (nSPS) is 12.0. The van der Waals surface area contributed by atoms with E-state index in [0.717, 1.165) is 6.42 Å². The maximum absolute atomic E-state index is 13.2. The molecular weight excluding hydrogens is 289 g/mol. The first-order valence-corrected chi connectivity index (χ1v) is 6.44. The monoisotopic (exact) mass is 303 g/mol. The fourth-order valence-corrected chi connectivity index (χ4v) is 1.94. The summed E-state index contributed by atoms with van der Waals surface area (Å²) in [7, 11) is 1.37. The zero-order chi connectivity index (χ0) is 12.8. The summed E-state index contributed by atoms with van der Waals surface area (Å²) in [5.41, 5.74) is 0.391. The van der Waals surface area contributed by atoms with Crippen molar-refractivity contribution in [3.63, 3.8) is 0 Å². The molecular formula is C12H15BrFNO2. The molecule has 0 heterocycles. The Balaban J connectivity index is 2.82. The van der Waals surface area contributed by atoms with E-state index in [1.54, 1.807) is 0 Å². The largest absolute Gasteiger partial charge is 0.494 e. The molecule has 1 N–H and O–H groups in total. The molecule has 0 aliphatic rings. The number of ether oxygens (including phenoxy) is 1. The van der Waals surface area contributed by atoms with Crippen molar-refractivity contribution in [2.45, 2.75) is 19.4 Å². The molecule has 0 saturated carbocycles. The number of carbonyl (C=O) groups is 1. The van der Waals surface area contributed by atoms with Crippen LogP contribution in [-0.2, 0) is 0 Å². The lowest BCUT2D eigenvalue weighted by Gasteiger charge is -2.14. The van der Waals surface area contributed by atoms with Gasteiger partial charge in [0.25, 0.3) is 5.91 Å². The summed E-state index contributed by atoms with van der Waals surface area (Å²) in [6, 6.07) is 4.13. The van der Waals surface area contributed by atoms with Crippen molar-refractivity contribution in [1.82, 2.24) is 5.32 Å². The molecule has 0 saturated heterocycles. The number of alkyl halides is 1. The molecule has 1 atom stereocenters. The van der Waals surface area contributed by atoms with Crippen LogP contribution in [0.4, 0.5) is 4.39 Å². The van der Waals surface area contributed by atoms with Crippen molar-refractivity contribution in [2.24, 2.45) is 0 Å². The number of hydrogen-bond donors (Lipinski definition) is 1. The van der Waals surface area contributed by atoms with E-state index in [1.807, 2.05) is 6.92 Å². The van der Waals surface area contributed by atoms with Crippen molar-refractivity contribution in [1.29, 1.82) is 0 Å². The predicted molar refractivity (Wildman–Crippen MR) is 68.3 cm³/mol. The van der Waals surface area contributed by atoms with Gasteiger partial charge in [-0.3, -0.25) is 4.79 Å². The molecule has 0 fully saturated rings. The molecule has 0 aliphatic heterocycles. The minimum absolute atomic E-state index is 0.0681. The molecule has 1 rings (SSSR count). The fraction of sp³-hybridized carbons (Fsp3) is 0.417. The Morgan fingerprint density at radius 2 is 2.29 bits per heavy atom. The highest BCUT2D eigenvalue weighted by atomic mass is 79.9. The summed E-state index contributed by atoms with van der Waals surface area (Å²) >= 11 is 3.32. The maximum Gasteiger partial charge on any atom is 0.251 e. The zero-order valence-corrected chi connectivity index (χ0v) is 11.4. The minimum atomic E-state index is -0.475. The Morgan fingerprint density at radius 3 is 2.82 bits per heavy atom. The van der Waals surface area contributed by atoms with Gasteiger partial charge >= 0.3 is 0 Å². The van der Waals surface area contributed by atoms with Crippen LogP contribution in [-0.4, -0.2) is 24.4 Å². The number of carbonyl (C=O) groups excluding carboxylic acids is 1. The van der Waals surface area contributed by atoms with Crippen LogP contribution in [0.15, 0.2) is 18.2 Å². The predicted octanol–water partition coefficient (Wildman–Crippen LogP) is 2.74. The Kier molecular flexibility index (Phi) is 5.41. The average molecular weight is 304 g/mol. The molecule has 1 unspecified atom stereocenters. The highest BCUT2D eigenvalue weighted by molar-refractivity contribution is 9.09.